The fourth-order valence-corrected chi connectivity index (χ4v) is 4.59. The van der Waals surface area contributed by atoms with Crippen molar-refractivity contribution in [2.24, 2.45) is 5.41 Å². The Bertz CT molecular complexity index is 774. The summed E-state index contributed by atoms with van der Waals surface area (Å²) in [4.78, 5) is 21.9. The lowest BCUT2D eigenvalue weighted by Gasteiger charge is -2.39. The van der Waals surface area contributed by atoms with Crippen LogP contribution in [0, 0.1) is 19.3 Å². The van der Waals surface area contributed by atoms with Gasteiger partial charge in [-0.1, -0.05) is 0 Å². The van der Waals surface area contributed by atoms with E-state index in [2.05, 4.69) is 25.5 Å². The van der Waals surface area contributed by atoms with E-state index in [1.165, 1.54) is 0 Å². The van der Waals surface area contributed by atoms with Crippen molar-refractivity contribution in [1.82, 2.24) is 20.1 Å². The molecule has 0 saturated carbocycles. The highest BCUT2D eigenvalue weighted by molar-refractivity contribution is 7.09. The smallest absolute Gasteiger partial charge is 0.231 e. The molecule has 2 aromatic rings. The summed E-state index contributed by atoms with van der Waals surface area (Å²) in [6.07, 6.45) is 2.91. The summed E-state index contributed by atoms with van der Waals surface area (Å²) in [5.41, 5.74) is 1.65. The van der Waals surface area contributed by atoms with E-state index in [1.54, 1.807) is 11.3 Å². The maximum atomic E-state index is 13.2. The molecule has 6 nitrogen and oxygen atoms in total. The zero-order chi connectivity index (χ0) is 17.4. The molecule has 2 fully saturated rings. The average Bonchev–Trinajstić information content (AvgIpc) is 3.15. The summed E-state index contributed by atoms with van der Waals surface area (Å²) in [6.45, 7) is 7.09. The van der Waals surface area contributed by atoms with Gasteiger partial charge >= 0.3 is 0 Å². The second kappa shape index (κ2) is 6.37. The molecule has 1 spiro atoms. The number of amides is 1. The van der Waals surface area contributed by atoms with Crippen molar-refractivity contribution in [1.29, 1.82) is 0 Å². The summed E-state index contributed by atoms with van der Waals surface area (Å²) in [6, 6.07) is 3.99. The average molecular weight is 357 g/mol. The molecular weight excluding hydrogens is 334 g/mol. The summed E-state index contributed by atoms with van der Waals surface area (Å²) >= 11 is 1.64. The lowest BCUT2D eigenvalue weighted by atomic mass is 9.78. The second-order valence-corrected chi connectivity index (χ2v) is 8.24. The van der Waals surface area contributed by atoms with Crippen molar-refractivity contribution in [2.45, 2.75) is 39.7 Å². The number of nitrogens with zero attached hydrogens (tertiary/aromatic N) is 5. The minimum absolute atomic E-state index is 0.268. The topological polar surface area (TPSA) is 62.2 Å². The van der Waals surface area contributed by atoms with Crippen molar-refractivity contribution >= 4 is 23.1 Å². The number of aromatic nitrogens is 3. The van der Waals surface area contributed by atoms with Gasteiger partial charge in [-0.2, -0.15) is 5.10 Å². The van der Waals surface area contributed by atoms with E-state index in [-0.39, 0.29) is 11.3 Å². The van der Waals surface area contributed by atoms with E-state index in [4.69, 9.17) is 0 Å². The molecule has 0 aromatic carbocycles. The lowest BCUT2D eigenvalue weighted by Crippen LogP contribution is -2.48. The van der Waals surface area contributed by atoms with E-state index in [9.17, 15) is 4.79 Å². The summed E-state index contributed by atoms with van der Waals surface area (Å²) in [5, 5.41) is 11.6. The molecule has 1 amide bonds. The van der Waals surface area contributed by atoms with Crippen LogP contribution in [0.25, 0.3) is 0 Å². The number of likely N-dealkylation sites (tertiary alicyclic amines) is 1. The minimum atomic E-state index is -0.268. The van der Waals surface area contributed by atoms with Gasteiger partial charge in [0.25, 0.3) is 0 Å². The molecule has 4 rings (SSSR count). The zero-order valence-corrected chi connectivity index (χ0v) is 15.6. The van der Waals surface area contributed by atoms with Gasteiger partial charge in [-0.25, -0.2) is 4.98 Å². The third-order valence-corrected chi connectivity index (χ3v) is 6.13. The summed E-state index contributed by atoms with van der Waals surface area (Å²) in [5.74, 6) is 1.16. The number of thiazole rings is 1. The molecule has 0 aliphatic carbocycles. The Hall–Kier alpha value is -2.02. The normalized spacial score (nSPS) is 23.7. The highest BCUT2D eigenvalue weighted by Gasteiger charge is 2.49. The predicted molar refractivity (Wildman–Crippen MR) is 97.5 cm³/mol. The number of hydrogen-bond acceptors (Lipinski definition) is 6. The van der Waals surface area contributed by atoms with Crippen LogP contribution in [0.15, 0.2) is 17.5 Å². The van der Waals surface area contributed by atoms with Gasteiger partial charge in [-0.15, -0.1) is 16.4 Å². The molecule has 7 heteroatoms. The van der Waals surface area contributed by atoms with Crippen LogP contribution in [0.5, 0.6) is 0 Å². The number of anilines is 1. The molecule has 132 valence electrons. The largest absolute Gasteiger partial charge is 0.354 e. The van der Waals surface area contributed by atoms with Gasteiger partial charge in [0.2, 0.25) is 5.91 Å². The molecule has 2 aliphatic rings. The molecule has 4 heterocycles. The number of hydrogen-bond donors (Lipinski definition) is 0. The van der Waals surface area contributed by atoms with Gasteiger partial charge in [0.15, 0.2) is 5.82 Å². The van der Waals surface area contributed by atoms with E-state index in [0.717, 1.165) is 61.1 Å². The predicted octanol–water partition coefficient (Wildman–Crippen LogP) is 2.57. The first-order chi connectivity index (χ1) is 12.1. The Labute approximate surface area is 151 Å². The van der Waals surface area contributed by atoms with Gasteiger partial charge in [0.05, 0.1) is 28.4 Å². The third-order valence-electron chi connectivity index (χ3n) is 5.31. The Morgan fingerprint density at radius 3 is 2.80 bits per heavy atom. The quantitative estimate of drug-likeness (QED) is 0.845. The van der Waals surface area contributed by atoms with Crippen molar-refractivity contribution in [3.8, 4) is 0 Å². The molecule has 0 N–H and O–H groups in total. The number of rotatable bonds is 3. The van der Waals surface area contributed by atoms with E-state index in [0.29, 0.717) is 6.54 Å². The van der Waals surface area contributed by atoms with Crippen LogP contribution >= 0.6 is 11.3 Å². The van der Waals surface area contributed by atoms with Crippen molar-refractivity contribution in [3.05, 3.63) is 33.9 Å². The molecule has 2 saturated heterocycles. The van der Waals surface area contributed by atoms with Crippen LogP contribution in [-0.4, -0.2) is 45.6 Å². The molecule has 2 aliphatic heterocycles. The van der Waals surface area contributed by atoms with Crippen LogP contribution in [0.4, 0.5) is 5.82 Å². The van der Waals surface area contributed by atoms with Gasteiger partial charge < -0.3 is 9.80 Å². The molecule has 25 heavy (non-hydrogen) atoms. The Kier molecular flexibility index (Phi) is 4.19. The Morgan fingerprint density at radius 1 is 1.20 bits per heavy atom. The van der Waals surface area contributed by atoms with E-state index in [1.807, 2.05) is 30.9 Å². The standard InChI is InChI=1S/C18H23N5OS/c1-13-4-5-16(21-20-13)23-8-3-6-18(12-23)7-9-22(17(18)24)10-15-11-25-14(2)19-15/h4-5,11H,3,6-10,12H2,1-2H3/t18-/m0/s1. The summed E-state index contributed by atoms with van der Waals surface area (Å²) in [7, 11) is 0. The Balaban J connectivity index is 1.49. The van der Waals surface area contributed by atoms with Gasteiger partial charge in [-0.3, -0.25) is 4.79 Å². The first-order valence-electron chi connectivity index (χ1n) is 8.81. The van der Waals surface area contributed by atoms with Gasteiger partial charge in [-0.05, 0) is 45.2 Å². The van der Waals surface area contributed by atoms with Crippen LogP contribution in [0.3, 0.4) is 0 Å². The maximum Gasteiger partial charge on any atom is 0.231 e. The first kappa shape index (κ1) is 16.4. The lowest BCUT2D eigenvalue weighted by molar-refractivity contribution is -0.137. The number of piperidine rings is 1. The fraction of sp³-hybridized carbons (Fsp3) is 0.556. The van der Waals surface area contributed by atoms with Crippen LogP contribution < -0.4 is 4.90 Å². The number of carbonyl (C=O) groups is 1. The zero-order valence-electron chi connectivity index (χ0n) is 14.7. The third kappa shape index (κ3) is 3.13. The molecule has 0 unspecified atom stereocenters. The van der Waals surface area contributed by atoms with Crippen LogP contribution in [-0.2, 0) is 11.3 Å². The van der Waals surface area contributed by atoms with Crippen molar-refractivity contribution in [3.63, 3.8) is 0 Å². The van der Waals surface area contributed by atoms with Gasteiger partial charge in [0.1, 0.15) is 0 Å². The second-order valence-electron chi connectivity index (χ2n) is 7.17. The number of carbonyl (C=O) groups excluding carboxylic acids is 1. The Morgan fingerprint density at radius 2 is 2.08 bits per heavy atom. The number of aryl methyl sites for hydroxylation is 2. The maximum absolute atomic E-state index is 13.2. The highest BCUT2D eigenvalue weighted by atomic mass is 32.1. The fourth-order valence-electron chi connectivity index (χ4n) is 3.99. The molecule has 0 radical (unpaired) electrons. The van der Waals surface area contributed by atoms with E-state index >= 15 is 0 Å². The first-order valence-corrected chi connectivity index (χ1v) is 9.69. The highest BCUT2D eigenvalue weighted by Crippen LogP contribution is 2.41. The minimum Gasteiger partial charge on any atom is -0.354 e. The molecule has 0 bridgehead atoms. The van der Waals surface area contributed by atoms with Crippen molar-refractivity contribution in [2.75, 3.05) is 24.5 Å². The van der Waals surface area contributed by atoms with Crippen LogP contribution in [0.1, 0.15) is 35.7 Å². The molecule has 2 aromatic heterocycles. The van der Waals surface area contributed by atoms with Crippen LogP contribution in [0.2, 0.25) is 0 Å². The SMILES string of the molecule is Cc1ccc(N2CCC[C@]3(CCN(Cc4csc(C)n4)C3=O)C2)nn1. The van der Waals surface area contributed by atoms with Gasteiger partial charge in [0, 0.05) is 25.0 Å². The monoisotopic (exact) mass is 357 g/mol. The van der Waals surface area contributed by atoms with E-state index < -0.39 is 0 Å². The van der Waals surface area contributed by atoms with Crippen molar-refractivity contribution < 1.29 is 4.79 Å². The summed E-state index contributed by atoms with van der Waals surface area (Å²) < 4.78 is 0. The molecular formula is C18H23N5OS. The molecule has 1 atom stereocenters.